The molecule has 5 rings (SSSR count). The first-order valence-electron chi connectivity index (χ1n) is 10.8. The second-order valence-electron chi connectivity index (χ2n) is 8.45. The van der Waals surface area contributed by atoms with E-state index >= 15 is 0 Å². The zero-order chi connectivity index (χ0) is 25.7. The molecular formula is C26H18ClN3O5S. The van der Waals surface area contributed by atoms with Gasteiger partial charge in [0.15, 0.2) is 5.13 Å². The van der Waals surface area contributed by atoms with Crippen molar-refractivity contribution >= 4 is 61.4 Å². The molecule has 0 spiro atoms. The predicted octanol–water partition coefficient (Wildman–Crippen LogP) is 6.10. The quantitative estimate of drug-likeness (QED) is 0.114. The fraction of sp³-hybridized carbons (Fsp3) is 0.115. The summed E-state index contributed by atoms with van der Waals surface area (Å²) >= 11 is 7.20. The minimum atomic E-state index is -1.12. The molecule has 0 saturated carbocycles. The molecule has 0 bridgehead atoms. The Balaban J connectivity index is 1.76. The molecule has 180 valence electrons. The Morgan fingerprint density at radius 1 is 1.11 bits per heavy atom. The van der Waals surface area contributed by atoms with Crippen LogP contribution in [0.4, 0.5) is 10.8 Å². The SMILES string of the molecule is Cc1cc(C)c2nc(N3C(=O)C(=O)C(=C(O)c4ccc(Cl)cc4)[C@H]3c3cccc([N+](=O)[O-])c3)sc2c1. The number of carbonyl (C=O) groups is 2. The zero-order valence-corrected chi connectivity index (χ0v) is 20.6. The highest BCUT2D eigenvalue weighted by molar-refractivity contribution is 7.22. The Labute approximate surface area is 214 Å². The Hall–Kier alpha value is -4.08. The average Bonchev–Trinajstić information content (AvgIpc) is 3.38. The second-order valence-corrected chi connectivity index (χ2v) is 9.90. The first kappa shape index (κ1) is 23.7. The molecule has 1 fully saturated rings. The number of hydrogen-bond donors (Lipinski definition) is 1. The molecule has 8 nitrogen and oxygen atoms in total. The van der Waals surface area contributed by atoms with E-state index in [9.17, 15) is 24.8 Å². The predicted molar refractivity (Wildman–Crippen MR) is 138 cm³/mol. The number of amides is 1. The molecule has 1 aromatic heterocycles. The van der Waals surface area contributed by atoms with Gasteiger partial charge < -0.3 is 5.11 Å². The number of carbonyl (C=O) groups excluding carboxylic acids is 2. The maximum atomic E-state index is 13.4. The maximum absolute atomic E-state index is 13.4. The van der Waals surface area contributed by atoms with E-state index in [1.54, 1.807) is 18.2 Å². The summed E-state index contributed by atoms with van der Waals surface area (Å²) in [4.78, 5) is 43.5. The van der Waals surface area contributed by atoms with Gasteiger partial charge in [0.25, 0.3) is 11.5 Å². The summed E-state index contributed by atoms with van der Waals surface area (Å²) in [5.41, 5.74) is 2.82. The molecule has 10 heteroatoms. The van der Waals surface area contributed by atoms with Gasteiger partial charge in [0.2, 0.25) is 0 Å². The van der Waals surface area contributed by atoms with Crippen molar-refractivity contribution in [2.75, 3.05) is 4.90 Å². The highest BCUT2D eigenvalue weighted by atomic mass is 35.5. The molecule has 36 heavy (non-hydrogen) atoms. The van der Waals surface area contributed by atoms with Crippen molar-refractivity contribution in [3.63, 3.8) is 0 Å². The van der Waals surface area contributed by atoms with Crippen molar-refractivity contribution in [2.45, 2.75) is 19.9 Å². The molecule has 1 atom stereocenters. The number of halogens is 1. The zero-order valence-electron chi connectivity index (χ0n) is 19.1. The van der Waals surface area contributed by atoms with E-state index in [0.29, 0.717) is 16.1 Å². The van der Waals surface area contributed by atoms with Crippen molar-refractivity contribution in [3.05, 3.63) is 104 Å². The van der Waals surface area contributed by atoms with Crippen LogP contribution < -0.4 is 4.90 Å². The topological polar surface area (TPSA) is 114 Å². The highest BCUT2D eigenvalue weighted by Crippen LogP contribution is 2.45. The fourth-order valence-electron chi connectivity index (χ4n) is 4.38. The van der Waals surface area contributed by atoms with Crippen molar-refractivity contribution in [2.24, 2.45) is 0 Å². The number of non-ortho nitro benzene ring substituents is 1. The van der Waals surface area contributed by atoms with Crippen molar-refractivity contribution in [3.8, 4) is 0 Å². The second kappa shape index (κ2) is 8.85. The number of aryl methyl sites for hydroxylation is 2. The summed E-state index contributed by atoms with van der Waals surface area (Å²) in [7, 11) is 0. The summed E-state index contributed by atoms with van der Waals surface area (Å²) in [5, 5.41) is 23.3. The van der Waals surface area contributed by atoms with Crippen LogP contribution in [-0.4, -0.2) is 26.7 Å². The lowest BCUT2D eigenvalue weighted by molar-refractivity contribution is -0.384. The van der Waals surface area contributed by atoms with Gasteiger partial charge in [0.1, 0.15) is 5.76 Å². The number of ketones is 1. The molecule has 0 unspecified atom stereocenters. The molecule has 4 aromatic rings. The monoisotopic (exact) mass is 519 g/mol. The van der Waals surface area contributed by atoms with Gasteiger partial charge >= 0.3 is 5.91 Å². The molecule has 1 amide bonds. The van der Waals surface area contributed by atoms with Gasteiger partial charge in [-0.3, -0.25) is 24.6 Å². The van der Waals surface area contributed by atoms with E-state index in [1.165, 1.54) is 46.6 Å². The molecule has 1 aliphatic heterocycles. The van der Waals surface area contributed by atoms with E-state index < -0.39 is 28.4 Å². The number of hydrogen-bond acceptors (Lipinski definition) is 7. The van der Waals surface area contributed by atoms with Crippen molar-refractivity contribution in [1.29, 1.82) is 0 Å². The lowest BCUT2D eigenvalue weighted by atomic mass is 9.95. The van der Waals surface area contributed by atoms with E-state index in [2.05, 4.69) is 4.98 Å². The summed E-state index contributed by atoms with van der Waals surface area (Å²) in [6.07, 6.45) is 0. The minimum absolute atomic E-state index is 0.185. The number of thiazole rings is 1. The Bertz CT molecular complexity index is 1610. The molecular weight excluding hydrogens is 502 g/mol. The van der Waals surface area contributed by atoms with Crippen LogP contribution in [0.15, 0.2) is 66.2 Å². The number of Topliss-reactive ketones (excluding diaryl/α,β-unsaturated/α-hetero) is 1. The minimum Gasteiger partial charge on any atom is -0.507 e. The molecule has 2 heterocycles. The first-order chi connectivity index (χ1) is 17.2. The summed E-state index contributed by atoms with van der Waals surface area (Å²) < 4.78 is 0.833. The van der Waals surface area contributed by atoms with E-state index in [4.69, 9.17) is 11.6 Å². The third-order valence-electron chi connectivity index (χ3n) is 5.98. The van der Waals surface area contributed by atoms with Crippen LogP contribution in [-0.2, 0) is 9.59 Å². The molecule has 0 radical (unpaired) electrons. The average molecular weight is 520 g/mol. The van der Waals surface area contributed by atoms with E-state index in [0.717, 1.165) is 15.8 Å². The summed E-state index contributed by atoms with van der Waals surface area (Å²) in [5.74, 6) is -2.20. The van der Waals surface area contributed by atoms with Crippen molar-refractivity contribution in [1.82, 2.24) is 4.98 Å². The number of fused-ring (bicyclic) bond motifs is 1. The van der Waals surface area contributed by atoms with Gasteiger partial charge in [-0.2, -0.15) is 0 Å². The Kier molecular flexibility index (Phi) is 5.82. The van der Waals surface area contributed by atoms with Crippen molar-refractivity contribution < 1.29 is 19.6 Å². The van der Waals surface area contributed by atoms with Crippen LogP contribution in [0.25, 0.3) is 16.0 Å². The Morgan fingerprint density at radius 3 is 2.53 bits per heavy atom. The highest BCUT2D eigenvalue weighted by Gasteiger charge is 2.48. The summed E-state index contributed by atoms with van der Waals surface area (Å²) in [6, 6.07) is 14.6. The number of aromatic nitrogens is 1. The van der Waals surface area contributed by atoms with Gasteiger partial charge in [-0.15, -0.1) is 0 Å². The lowest BCUT2D eigenvalue weighted by Gasteiger charge is -2.22. The molecule has 1 aliphatic rings. The third kappa shape index (κ3) is 3.92. The first-order valence-corrected chi connectivity index (χ1v) is 12.0. The molecule has 0 aliphatic carbocycles. The number of nitrogens with zero attached hydrogens (tertiary/aromatic N) is 3. The van der Waals surface area contributed by atoms with Crippen LogP contribution in [0, 0.1) is 24.0 Å². The molecule has 3 aromatic carbocycles. The van der Waals surface area contributed by atoms with Crippen LogP contribution in [0.5, 0.6) is 0 Å². The number of nitro groups is 1. The standard InChI is InChI=1S/C26H18ClN3O5S/c1-13-10-14(2)21-19(11-13)36-26(28-21)29-22(16-4-3-5-18(12-16)30(34)35)20(24(32)25(29)33)23(31)15-6-8-17(27)9-7-15/h3-12,22,31H,1-2H3/t22-/m1/s1. The molecule has 1 N–H and O–H groups in total. The van der Waals surface area contributed by atoms with Gasteiger partial charge in [0.05, 0.1) is 26.8 Å². The van der Waals surface area contributed by atoms with Crippen LogP contribution in [0.1, 0.15) is 28.3 Å². The van der Waals surface area contributed by atoms with Gasteiger partial charge in [-0.25, -0.2) is 4.98 Å². The van der Waals surface area contributed by atoms with Gasteiger partial charge in [-0.1, -0.05) is 41.1 Å². The fourth-order valence-corrected chi connectivity index (χ4v) is 5.67. The maximum Gasteiger partial charge on any atom is 0.301 e. The number of anilines is 1. The largest absolute Gasteiger partial charge is 0.507 e. The molecule has 1 saturated heterocycles. The van der Waals surface area contributed by atoms with Crippen LogP contribution in [0.3, 0.4) is 0 Å². The van der Waals surface area contributed by atoms with E-state index in [1.807, 2.05) is 26.0 Å². The lowest BCUT2D eigenvalue weighted by Crippen LogP contribution is -2.29. The number of rotatable bonds is 4. The van der Waals surface area contributed by atoms with Gasteiger partial charge in [-0.05, 0) is 60.9 Å². The number of nitro benzene ring substituents is 1. The number of benzene rings is 3. The van der Waals surface area contributed by atoms with Gasteiger partial charge in [0, 0.05) is 22.7 Å². The smallest absolute Gasteiger partial charge is 0.301 e. The Morgan fingerprint density at radius 2 is 1.83 bits per heavy atom. The van der Waals surface area contributed by atoms with E-state index in [-0.39, 0.29) is 22.0 Å². The summed E-state index contributed by atoms with van der Waals surface area (Å²) in [6.45, 7) is 3.86. The normalized spacial score (nSPS) is 17.2. The number of aliphatic hydroxyl groups is 1. The van der Waals surface area contributed by atoms with Crippen LogP contribution >= 0.6 is 22.9 Å². The number of aliphatic hydroxyl groups excluding tert-OH is 1. The third-order valence-corrected chi connectivity index (χ3v) is 7.24. The van der Waals surface area contributed by atoms with Crippen LogP contribution in [0.2, 0.25) is 5.02 Å².